The highest BCUT2D eigenvalue weighted by Crippen LogP contribution is 2.36. The maximum Gasteiger partial charge on any atom is 0.404 e. The Labute approximate surface area is 178 Å². The van der Waals surface area contributed by atoms with Crippen LogP contribution in [0.2, 0.25) is 18.1 Å². The Balaban J connectivity index is 2.81. The molecular formula is C20H34N4O5Si. The van der Waals surface area contributed by atoms with Gasteiger partial charge in [-0.05, 0) is 30.3 Å². The van der Waals surface area contributed by atoms with Crippen molar-refractivity contribution >= 4 is 31.7 Å². The van der Waals surface area contributed by atoms with Crippen molar-refractivity contribution in [1.29, 1.82) is 0 Å². The van der Waals surface area contributed by atoms with E-state index in [1.165, 1.54) is 6.07 Å². The van der Waals surface area contributed by atoms with Gasteiger partial charge in [-0.25, -0.2) is 4.79 Å². The van der Waals surface area contributed by atoms with Crippen LogP contribution in [0.3, 0.4) is 0 Å². The minimum Gasteiger partial charge on any atom is -0.489 e. The molecule has 30 heavy (non-hydrogen) atoms. The standard InChI is InChI=1S/C20H34N4O5Si/c1-20(2,3)30(4,5)29-11-10-28-16-13-14(18(22)25)12-15(21)17(16)23-8-6-7-9-24-19(26)27/h6-7,12-13,23-24H,8-11,21H2,1-5H3,(H2,22,25)(H,26,27)/b7-6+. The number of rotatable bonds is 11. The number of primary amides is 1. The molecule has 0 aliphatic heterocycles. The lowest BCUT2D eigenvalue weighted by molar-refractivity contribution is 0.0999. The summed E-state index contributed by atoms with van der Waals surface area (Å²) in [5.41, 5.74) is 12.6. The summed E-state index contributed by atoms with van der Waals surface area (Å²) in [4.78, 5) is 22.0. The average Bonchev–Trinajstić information content (AvgIpc) is 2.61. The summed E-state index contributed by atoms with van der Waals surface area (Å²) in [6, 6.07) is 3.03. The number of hydrogen-bond donors (Lipinski definition) is 5. The maximum atomic E-state index is 11.6. The van der Waals surface area contributed by atoms with Gasteiger partial charge in [0.05, 0.1) is 12.3 Å². The van der Waals surface area contributed by atoms with Crippen LogP contribution in [0.5, 0.6) is 5.75 Å². The quantitative estimate of drug-likeness (QED) is 0.154. The molecule has 1 aromatic rings. The predicted molar refractivity (Wildman–Crippen MR) is 122 cm³/mol. The number of ether oxygens (including phenoxy) is 1. The summed E-state index contributed by atoms with van der Waals surface area (Å²) in [7, 11) is -1.89. The Hall–Kier alpha value is -2.72. The van der Waals surface area contributed by atoms with Gasteiger partial charge < -0.3 is 36.4 Å². The smallest absolute Gasteiger partial charge is 0.404 e. The molecule has 0 atom stereocenters. The fourth-order valence-electron chi connectivity index (χ4n) is 2.22. The van der Waals surface area contributed by atoms with Crippen LogP contribution in [-0.2, 0) is 4.43 Å². The summed E-state index contributed by atoms with van der Waals surface area (Å²) >= 11 is 0. The van der Waals surface area contributed by atoms with Crippen molar-refractivity contribution in [2.75, 3.05) is 37.4 Å². The molecule has 1 rings (SSSR count). The predicted octanol–water partition coefficient (Wildman–Crippen LogP) is 3.00. The van der Waals surface area contributed by atoms with Gasteiger partial charge >= 0.3 is 6.09 Å². The van der Waals surface area contributed by atoms with E-state index >= 15 is 0 Å². The van der Waals surface area contributed by atoms with Crippen molar-refractivity contribution in [2.24, 2.45) is 5.73 Å². The topological polar surface area (TPSA) is 149 Å². The first-order valence-corrected chi connectivity index (χ1v) is 12.6. The Morgan fingerprint density at radius 2 is 1.80 bits per heavy atom. The monoisotopic (exact) mass is 438 g/mol. The second-order valence-electron chi connectivity index (χ2n) is 8.30. The number of carboxylic acid groups (broad SMARTS) is 1. The summed E-state index contributed by atoms with van der Waals surface area (Å²) in [5, 5.41) is 14.0. The molecule has 0 fully saturated rings. The maximum absolute atomic E-state index is 11.6. The SMILES string of the molecule is CC(C)(C)[Si](C)(C)OCCOc1cc(C(N)=O)cc(N)c1NC/C=C/CNC(=O)O. The fourth-order valence-corrected chi connectivity index (χ4v) is 3.25. The number of nitrogens with one attached hydrogen (secondary N) is 2. The van der Waals surface area contributed by atoms with Gasteiger partial charge in [-0.1, -0.05) is 32.9 Å². The fraction of sp³-hybridized carbons (Fsp3) is 0.500. The van der Waals surface area contributed by atoms with E-state index < -0.39 is 20.3 Å². The van der Waals surface area contributed by atoms with Crippen LogP contribution in [-0.4, -0.2) is 51.7 Å². The van der Waals surface area contributed by atoms with Crippen molar-refractivity contribution in [3.05, 3.63) is 29.8 Å². The van der Waals surface area contributed by atoms with Crippen LogP contribution >= 0.6 is 0 Å². The molecule has 0 bridgehead atoms. The molecule has 0 spiro atoms. The van der Waals surface area contributed by atoms with Crippen molar-refractivity contribution < 1.29 is 23.9 Å². The number of carbonyl (C=O) groups is 2. The summed E-state index contributed by atoms with van der Waals surface area (Å²) < 4.78 is 12.0. The van der Waals surface area contributed by atoms with E-state index in [0.717, 1.165) is 0 Å². The molecule has 0 aliphatic carbocycles. The van der Waals surface area contributed by atoms with Gasteiger partial charge in [-0.2, -0.15) is 0 Å². The number of carbonyl (C=O) groups excluding carboxylic acids is 1. The second kappa shape index (κ2) is 10.9. The highest BCUT2D eigenvalue weighted by molar-refractivity contribution is 6.74. The van der Waals surface area contributed by atoms with Crippen LogP contribution in [0.1, 0.15) is 31.1 Å². The Kier molecular flexibility index (Phi) is 9.18. The Morgan fingerprint density at radius 3 is 2.37 bits per heavy atom. The van der Waals surface area contributed by atoms with Gasteiger partial charge in [0.15, 0.2) is 8.32 Å². The molecule has 0 heterocycles. The van der Waals surface area contributed by atoms with Crippen molar-refractivity contribution in [3.63, 3.8) is 0 Å². The lowest BCUT2D eigenvalue weighted by Gasteiger charge is -2.36. The third-order valence-corrected chi connectivity index (χ3v) is 9.50. The van der Waals surface area contributed by atoms with Gasteiger partial charge in [0, 0.05) is 18.7 Å². The summed E-state index contributed by atoms with van der Waals surface area (Å²) in [5.74, 6) is -0.199. The van der Waals surface area contributed by atoms with Crippen LogP contribution in [0.15, 0.2) is 24.3 Å². The molecule has 0 radical (unpaired) electrons. The van der Waals surface area contributed by atoms with Gasteiger partial charge in [-0.15, -0.1) is 0 Å². The summed E-state index contributed by atoms with van der Waals surface area (Å²) in [6.07, 6.45) is 2.33. The average molecular weight is 439 g/mol. The zero-order chi connectivity index (χ0) is 22.9. The molecule has 7 N–H and O–H groups in total. The van der Waals surface area contributed by atoms with Crippen molar-refractivity contribution in [2.45, 2.75) is 38.9 Å². The van der Waals surface area contributed by atoms with E-state index in [-0.39, 0.29) is 17.1 Å². The molecule has 1 aromatic carbocycles. The van der Waals surface area contributed by atoms with E-state index in [4.69, 9.17) is 25.7 Å². The molecule has 10 heteroatoms. The van der Waals surface area contributed by atoms with Gasteiger partial charge in [-0.3, -0.25) is 4.79 Å². The number of anilines is 2. The molecule has 0 unspecified atom stereocenters. The number of benzene rings is 1. The molecule has 0 saturated heterocycles. The normalized spacial score (nSPS) is 12.0. The van der Waals surface area contributed by atoms with Crippen LogP contribution in [0.4, 0.5) is 16.2 Å². The number of nitrogens with two attached hydrogens (primary N) is 2. The first-order chi connectivity index (χ1) is 13.8. The van der Waals surface area contributed by atoms with E-state index in [1.807, 2.05) is 0 Å². The first kappa shape index (κ1) is 25.3. The van der Waals surface area contributed by atoms with Crippen LogP contribution in [0.25, 0.3) is 0 Å². The zero-order valence-corrected chi connectivity index (χ0v) is 19.4. The highest BCUT2D eigenvalue weighted by Gasteiger charge is 2.36. The molecule has 0 saturated carbocycles. The second-order valence-corrected chi connectivity index (χ2v) is 13.1. The third-order valence-electron chi connectivity index (χ3n) is 4.96. The lowest BCUT2D eigenvalue weighted by Crippen LogP contribution is -2.41. The lowest BCUT2D eigenvalue weighted by atomic mass is 10.1. The molecule has 0 aromatic heterocycles. The Morgan fingerprint density at radius 1 is 1.17 bits per heavy atom. The number of amides is 2. The summed E-state index contributed by atoms with van der Waals surface area (Å²) in [6.45, 7) is 12.1. The molecule has 9 nitrogen and oxygen atoms in total. The van der Waals surface area contributed by atoms with Crippen LogP contribution < -0.4 is 26.8 Å². The van der Waals surface area contributed by atoms with E-state index in [2.05, 4.69) is 44.5 Å². The molecular weight excluding hydrogens is 404 g/mol. The van der Waals surface area contributed by atoms with Gasteiger partial charge in [0.2, 0.25) is 5.91 Å². The van der Waals surface area contributed by atoms with Gasteiger partial charge in [0.25, 0.3) is 0 Å². The Bertz CT molecular complexity index is 775. The minimum absolute atomic E-state index is 0.0951. The molecule has 168 valence electrons. The number of nitrogen functional groups attached to an aromatic ring is 1. The number of hydrogen-bond acceptors (Lipinski definition) is 6. The van der Waals surface area contributed by atoms with E-state index in [0.29, 0.717) is 36.9 Å². The van der Waals surface area contributed by atoms with Crippen molar-refractivity contribution in [1.82, 2.24) is 5.32 Å². The van der Waals surface area contributed by atoms with E-state index in [9.17, 15) is 9.59 Å². The zero-order valence-electron chi connectivity index (χ0n) is 18.4. The highest BCUT2D eigenvalue weighted by atomic mass is 28.4. The third kappa shape index (κ3) is 7.95. The first-order valence-electron chi connectivity index (χ1n) is 9.71. The largest absolute Gasteiger partial charge is 0.489 e. The van der Waals surface area contributed by atoms with E-state index in [1.54, 1.807) is 18.2 Å². The molecule has 2 amide bonds. The molecule has 0 aliphatic rings. The van der Waals surface area contributed by atoms with Crippen molar-refractivity contribution in [3.8, 4) is 5.75 Å². The van der Waals surface area contributed by atoms with Gasteiger partial charge in [0.1, 0.15) is 18.0 Å². The van der Waals surface area contributed by atoms with Crippen LogP contribution in [0, 0.1) is 0 Å². The minimum atomic E-state index is -1.89.